The van der Waals surface area contributed by atoms with Crippen LogP contribution >= 0.6 is 15.9 Å². The topological polar surface area (TPSA) is 76.5 Å². The summed E-state index contributed by atoms with van der Waals surface area (Å²) in [5, 5.41) is 3.56. The summed E-state index contributed by atoms with van der Waals surface area (Å²) in [6.07, 6.45) is 2.33. The molecule has 0 radical (unpaired) electrons. The molecule has 0 fully saturated rings. The summed E-state index contributed by atoms with van der Waals surface area (Å²) in [7, 11) is 0. The van der Waals surface area contributed by atoms with Gasteiger partial charge in [-0.3, -0.25) is 9.36 Å². The van der Waals surface area contributed by atoms with E-state index < -0.39 is 6.04 Å². The summed E-state index contributed by atoms with van der Waals surface area (Å²) < 4.78 is 8.12. The highest BCUT2D eigenvalue weighted by molar-refractivity contribution is 9.10. The maximum absolute atomic E-state index is 13.9. The van der Waals surface area contributed by atoms with E-state index in [0.29, 0.717) is 47.7 Å². The molecule has 4 rings (SSSR count). The van der Waals surface area contributed by atoms with Crippen molar-refractivity contribution in [1.29, 1.82) is 0 Å². The molecule has 2 amide bonds. The summed E-state index contributed by atoms with van der Waals surface area (Å²) in [6.45, 7) is 7.12. The molecule has 4 aromatic rings. The minimum absolute atomic E-state index is 0.170. The summed E-state index contributed by atoms with van der Waals surface area (Å²) in [6, 6.07) is 21.6. The van der Waals surface area contributed by atoms with E-state index in [1.54, 1.807) is 15.5 Å². The summed E-state index contributed by atoms with van der Waals surface area (Å²) >= 11 is 3.47. The predicted molar refractivity (Wildman–Crippen MR) is 156 cm³/mol. The number of para-hydroxylation sites is 1. The number of carbonyl (C=O) groups excluding carboxylic acids is 1. The lowest BCUT2D eigenvalue weighted by atomic mass is 10.1. The number of ether oxygens (including phenoxy) is 1. The molecule has 0 aliphatic rings. The standard InChI is InChI=1S/C30H33BrN4O3/c1-4-7-19-34(30(37)32-22-12-10-11-21(31)20-22)27(5-2)28-33-26-14-9-8-13-25(26)29(36)35(28)23-15-17-24(18-16-23)38-6-3/h8-18,20,27H,4-7,19H2,1-3H3,(H,32,37). The van der Waals surface area contributed by atoms with Crippen LogP contribution in [-0.2, 0) is 0 Å². The monoisotopic (exact) mass is 576 g/mol. The third-order valence-electron chi connectivity index (χ3n) is 6.36. The lowest BCUT2D eigenvalue weighted by Crippen LogP contribution is -2.41. The molecule has 0 aliphatic heterocycles. The van der Waals surface area contributed by atoms with Crippen LogP contribution in [0.15, 0.2) is 82.1 Å². The Labute approximate surface area is 231 Å². The fourth-order valence-corrected chi connectivity index (χ4v) is 4.91. The average Bonchev–Trinajstić information content (AvgIpc) is 2.92. The first-order valence-corrected chi connectivity index (χ1v) is 13.8. The normalized spacial score (nSPS) is 11.8. The number of rotatable bonds is 10. The Hall–Kier alpha value is -3.65. The molecule has 1 unspecified atom stereocenters. The van der Waals surface area contributed by atoms with Gasteiger partial charge in [-0.2, -0.15) is 0 Å². The van der Waals surface area contributed by atoms with Crippen LogP contribution in [0.4, 0.5) is 10.5 Å². The number of nitrogens with one attached hydrogen (secondary N) is 1. The molecular formula is C30H33BrN4O3. The van der Waals surface area contributed by atoms with Gasteiger partial charge in [-0.1, -0.05) is 54.4 Å². The Balaban J connectivity index is 1.85. The zero-order valence-corrected chi connectivity index (χ0v) is 23.6. The van der Waals surface area contributed by atoms with Gasteiger partial charge >= 0.3 is 6.03 Å². The number of amides is 2. The van der Waals surface area contributed by atoms with Crippen molar-refractivity contribution in [3.05, 3.63) is 93.4 Å². The lowest BCUT2D eigenvalue weighted by molar-refractivity contribution is 0.180. The number of nitrogens with zero attached hydrogens (tertiary/aromatic N) is 3. The molecular weight excluding hydrogens is 544 g/mol. The van der Waals surface area contributed by atoms with Crippen LogP contribution in [0.1, 0.15) is 51.9 Å². The molecule has 1 atom stereocenters. The van der Waals surface area contributed by atoms with Gasteiger partial charge in [0.2, 0.25) is 0 Å². The van der Waals surface area contributed by atoms with Crippen molar-refractivity contribution in [3.63, 3.8) is 0 Å². The zero-order valence-electron chi connectivity index (χ0n) is 22.0. The smallest absolute Gasteiger partial charge is 0.322 e. The second-order valence-electron chi connectivity index (χ2n) is 8.97. The number of fused-ring (bicyclic) bond motifs is 1. The Morgan fingerprint density at radius 1 is 1.05 bits per heavy atom. The molecule has 38 heavy (non-hydrogen) atoms. The van der Waals surface area contributed by atoms with Gasteiger partial charge in [0, 0.05) is 16.7 Å². The Bertz CT molecular complexity index is 1450. The number of hydrogen-bond donors (Lipinski definition) is 1. The van der Waals surface area contributed by atoms with E-state index in [9.17, 15) is 9.59 Å². The Kier molecular flexibility index (Phi) is 9.18. The first-order chi connectivity index (χ1) is 18.5. The van der Waals surface area contributed by atoms with E-state index in [0.717, 1.165) is 23.1 Å². The quantitative estimate of drug-likeness (QED) is 0.214. The van der Waals surface area contributed by atoms with Crippen molar-refractivity contribution in [2.45, 2.75) is 46.1 Å². The fraction of sp³-hybridized carbons (Fsp3) is 0.300. The van der Waals surface area contributed by atoms with Crippen LogP contribution in [0.3, 0.4) is 0 Å². The number of carbonyl (C=O) groups is 1. The predicted octanol–water partition coefficient (Wildman–Crippen LogP) is 7.33. The number of urea groups is 1. The van der Waals surface area contributed by atoms with E-state index >= 15 is 0 Å². The molecule has 198 valence electrons. The molecule has 8 heteroatoms. The SMILES string of the molecule is CCCCN(C(=O)Nc1cccc(Br)c1)C(CC)c1nc2ccccc2c(=O)n1-c1ccc(OCC)cc1. The minimum atomic E-state index is -0.433. The molecule has 0 spiro atoms. The van der Waals surface area contributed by atoms with E-state index in [4.69, 9.17) is 9.72 Å². The lowest BCUT2D eigenvalue weighted by Gasteiger charge is -2.32. The molecule has 0 saturated carbocycles. The zero-order chi connectivity index (χ0) is 27.1. The summed E-state index contributed by atoms with van der Waals surface area (Å²) in [5.74, 6) is 1.26. The maximum atomic E-state index is 13.9. The van der Waals surface area contributed by atoms with Crippen LogP contribution in [-0.4, -0.2) is 33.6 Å². The maximum Gasteiger partial charge on any atom is 0.322 e. The molecule has 3 aromatic carbocycles. The van der Waals surface area contributed by atoms with Crippen molar-refractivity contribution < 1.29 is 9.53 Å². The highest BCUT2D eigenvalue weighted by Gasteiger charge is 2.29. The van der Waals surface area contributed by atoms with Gasteiger partial charge in [-0.05, 0) is 74.4 Å². The van der Waals surface area contributed by atoms with Crippen LogP contribution in [0.5, 0.6) is 5.75 Å². The van der Waals surface area contributed by atoms with Crippen LogP contribution in [0.25, 0.3) is 16.6 Å². The number of halogens is 1. The van der Waals surface area contributed by atoms with Gasteiger partial charge in [0.05, 0.1) is 29.2 Å². The second-order valence-corrected chi connectivity index (χ2v) is 9.88. The van der Waals surface area contributed by atoms with E-state index in [1.807, 2.05) is 80.6 Å². The van der Waals surface area contributed by atoms with Crippen molar-refractivity contribution in [2.75, 3.05) is 18.5 Å². The first-order valence-electron chi connectivity index (χ1n) is 13.0. The van der Waals surface area contributed by atoms with E-state index in [-0.39, 0.29) is 11.6 Å². The average molecular weight is 578 g/mol. The van der Waals surface area contributed by atoms with Gasteiger partial charge < -0.3 is 15.0 Å². The van der Waals surface area contributed by atoms with Gasteiger partial charge in [0.1, 0.15) is 11.6 Å². The number of unbranched alkanes of at least 4 members (excludes halogenated alkanes) is 1. The fourth-order valence-electron chi connectivity index (χ4n) is 4.51. The van der Waals surface area contributed by atoms with Crippen molar-refractivity contribution >= 4 is 38.6 Å². The first kappa shape index (κ1) is 27.4. The Morgan fingerprint density at radius 3 is 2.50 bits per heavy atom. The third kappa shape index (κ3) is 6.07. The molecule has 1 heterocycles. The van der Waals surface area contributed by atoms with Gasteiger partial charge in [-0.25, -0.2) is 9.78 Å². The minimum Gasteiger partial charge on any atom is -0.494 e. The van der Waals surface area contributed by atoms with Gasteiger partial charge in [0.15, 0.2) is 0 Å². The largest absolute Gasteiger partial charge is 0.494 e. The van der Waals surface area contributed by atoms with Crippen LogP contribution in [0.2, 0.25) is 0 Å². The molecule has 1 aromatic heterocycles. The Morgan fingerprint density at radius 2 is 1.82 bits per heavy atom. The molecule has 0 aliphatic carbocycles. The third-order valence-corrected chi connectivity index (χ3v) is 6.85. The highest BCUT2D eigenvalue weighted by atomic mass is 79.9. The van der Waals surface area contributed by atoms with Gasteiger partial charge in [-0.15, -0.1) is 0 Å². The molecule has 1 N–H and O–H groups in total. The number of aromatic nitrogens is 2. The molecule has 0 saturated heterocycles. The summed E-state index contributed by atoms with van der Waals surface area (Å²) in [5.41, 5.74) is 1.80. The molecule has 0 bridgehead atoms. The van der Waals surface area contributed by atoms with Crippen LogP contribution < -0.4 is 15.6 Å². The van der Waals surface area contributed by atoms with E-state index in [2.05, 4.69) is 28.2 Å². The van der Waals surface area contributed by atoms with Gasteiger partial charge in [0.25, 0.3) is 5.56 Å². The van der Waals surface area contributed by atoms with Crippen molar-refractivity contribution in [3.8, 4) is 11.4 Å². The van der Waals surface area contributed by atoms with E-state index in [1.165, 1.54) is 0 Å². The van der Waals surface area contributed by atoms with Crippen molar-refractivity contribution in [2.24, 2.45) is 0 Å². The number of benzene rings is 3. The van der Waals surface area contributed by atoms with Crippen LogP contribution in [0, 0.1) is 0 Å². The molecule has 7 nitrogen and oxygen atoms in total. The second kappa shape index (κ2) is 12.7. The van der Waals surface area contributed by atoms with Crippen molar-refractivity contribution in [1.82, 2.24) is 14.5 Å². The number of anilines is 1. The summed E-state index contributed by atoms with van der Waals surface area (Å²) in [4.78, 5) is 34.3. The highest BCUT2D eigenvalue weighted by Crippen LogP contribution is 2.28. The number of hydrogen-bond acceptors (Lipinski definition) is 4.